The second kappa shape index (κ2) is 7.52. The summed E-state index contributed by atoms with van der Waals surface area (Å²) >= 11 is 0. The summed E-state index contributed by atoms with van der Waals surface area (Å²) in [6, 6.07) is 0. The van der Waals surface area contributed by atoms with Crippen molar-refractivity contribution in [2.75, 3.05) is 6.61 Å². The topological polar surface area (TPSA) is 120 Å². The number of nitrogens with one attached hydrogen (secondary N) is 1. The van der Waals surface area contributed by atoms with Crippen LogP contribution in [0.1, 0.15) is 43.6 Å². The van der Waals surface area contributed by atoms with Gasteiger partial charge in [0.15, 0.2) is 11.3 Å². The molecule has 0 saturated heterocycles. The number of allylic oxidation sites excluding steroid dienone is 3. The minimum atomic E-state index is -0.883. The van der Waals surface area contributed by atoms with Crippen LogP contribution in [0.25, 0.3) is 5.65 Å². The molecule has 10 heteroatoms. The van der Waals surface area contributed by atoms with Gasteiger partial charge in [0, 0.05) is 7.05 Å². The van der Waals surface area contributed by atoms with E-state index < -0.39 is 17.7 Å². The molecule has 142 valence electrons. The summed E-state index contributed by atoms with van der Waals surface area (Å²) in [5.74, 6) is -0.811. The van der Waals surface area contributed by atoms with Crippen molar-refractivity contribution in [2.45, 2.75) is 33.1 Å². The number of hydrogen-bond acceptors (Lipinski definition) is 7. The number of imidazole rings is 1. The molecule has 0 unspecified atom stereocenters. The van der Waals surface area contributed by atoms with Crippen molar-refractivity contribution in [2.24, 2.45) is 7.05 Å². The standard InChI is InChI=1S/C17H20N6O4/c1-10(2)12-6-4-11(5-7-12)8-27-16(25)19-15(24)13-14-20-21-22(3)17(26)23(14)9-18-13/h4,9H,5-8H2,1-3H3,(H,19,24,25). The van der Waals surface area contributed by atoms with Crippen LogP contribution in [0.2, 0.25) is 0 Å². The molecule has 0 aliphatic heterocycles. The van der Waals surface area contributed by atoms with Gasteiger partial charge in [0.2, 0.25) is 0 Å². The molecule has 0 bridgehead atoms. The number of fused-ring (bicyclic) bond motifs is 1. The van der Waals surface area contributed by atoms with Crippen LogP contribution in [0.5, 0.6) is 0 Å². The number of imide groups is 1. The third-order valence-electron chi connectivity index (χ3n) is 4.41. The van der Waals surface area contributed by atoms with E-state index in [0.29, 0.717) is 0 Å². The molecule has 2 aromatic rings. The fraction of sp³-hybridized carbons (Fsp3) is 0.412. The number of rotatable bonds is 3. The van der Waals surface area contributed by atoms with Gasteiger partial charge in [0.1, 0.15) is 12.9 Å². The highest BCUT2D eigenvalue weighted by Crippen LogP contribution is 2.25. The first-order valence-electron chi connectivity index (χ1n) is 8.45. The predicted octanol–water partition coefficient (Wildman–Crippen LogP) is 1.14. The lowest BCUT2D eigenvalue weighted by Gasteiger charge is -2.17. The number of alkyl carbamates (subject to hydrolysis) is 1. The van der Waals surface area contributed by atoms with Gasteiger partial charge in [-0.1, -0.05) is 22.4 Å². The first-order chi connectivity index (χ1) is 12.9. The Bertz CT molecular complexity index is 1030. The van der Waals surface area contributed by atoms with Crippen molar-refractivity contribution in [3.8, 4) is 0 Å². The first kappa shape index (κ1) is 18.5. The van der Waals surface area contributed by atoms with E-state index in [1.54, 1.807) is 0 Å². The molecule has 10 nitrogen and oxygen atoms in total. The van der Waals surface area contributed by atoms with Crippen LogP contribution in [0.4, 0.5) is 4.79 Å². The Hall–Kier alpha value is -3.30. The monoisotopic (exact) mass is 372 g/mol. The van der Waals surface area contributed by atoms with Crippen LogP contribution in [-0.2, 0) is 11.8 Å². The second-order valence-corrected chi connectivity index (χ2v) is 6.48. The summed E-state index contributed by atoms with van der Waals surface area (Å²) in [7, 11) is 1.42. The summed E-state index contributed by atoms with van der Waals surface area (Å²) in [6.07, 6.45) is 4.95. The molecule has 0 atom stereocenters. The van der Waals surface area contributed by atoms with Crippen LogP contribution in [0.15, 0.2) is 33.9 Å². The number of aryl methyl sites for hydroxylation is 1. The average Bonchev–Trinajstić information content (AvgIpc) is 3.08. The molecule has 1 aliphatic rings. The lowest BCUT2D eigenvalue weighted by atomic mass is 9.92. The van der Waals surface area contributed by atoms with Crippen molar-refractivity contribution in [1.29, 1.82) is 0 Å². The summed E-state index contributed by atoms with van der Waals surface area (Å²) in [5.41, 5.74) is 3.02. The number of hydrogen-bond donors (Lipinski definition) is 1. The Morgan fingerprint density at radius 1 is 1.30 bits per heavy atom. The van der Waals surface area contributed by atoms with E-state index >= 15 is 0 Å². The van der Waals surface area contributed by atoms with Gasteiger partial charge in [-0.25, -0.2) is 19.0 Å². The van der Waals surface area contributed by atoms with Crippen LogP contribution >= 0.6 is 0 Å². The number of carbonyl (C=O) groups excluding carboxylic acids is 2. The van der Waals surface area contributed by atoms with Crippen LogP contribution in [0.3, 0.4) is 0 Å². The molecule has 0 saturated carbocycles. The first-order valence-corrected chi connectivity index (χ1v) is 8.45. The minimum Gasteiger partial charge on any atom is -0.445 e. The van der Waals surface area contributed by atoms with Crippen molar-refractivity contribution < 1.29 is 14.3 Å². The average molecular weight is 372 g/mol. The summed E-state index contributed by atoms with van der Waals surface area (Å²) in [4.78, 5) is 39.8. The van der Waals surface area contributed by atoms with Gasteiger partial charge in [-0.05, 0) is 38.7 Å². The SMILES string of the molecule is CC(C)=C1CC=C(COC(=O)NC(=O)c2ncn3c(=O)n(C)nnc23)CC1. The van der Waals surface area contributed by atoms with Gasteiger partial charge in [0.25, 0.3) is 5.91 Å². The molecule has 0 radical (unpaired) electrons. The number of ether oxygens (including phenoxy) is 1. The molecule has 3 rings (SSSR count). The Morgan fingerprint density at radius 2 is 2.07 bits per heavy atom. The molecule has 2 aromatic heterocycles. The van der Waals surface area contributed by atoms with Gasteiger partial charge in [0.05, 0.1) is 0 Å². The molecule has 2 amide bonds. The highest BCUT2D eigenvalue weighted by Gasteiger charge is 2.20. The Kier molecular flexibility index (Phi) is 5.15. The Labute approximate surface area is 154 Å². The van der Waals surface area contributed by atoms with Gasteiger partial charge >= 0.3 is 11.8 Å². The van der Waals surface area contributed by atoms with Crippen molar-refractivity contribution in [3.05, 3.63) is 45.3 Å². The lowest BCUT2D eigenvalue weighted by Crippen LogP contribution is -2.33. The largest absolute Gasteiger partial charge is 0.445 e. The predicted molar refractivity (Wildman–Crippen MR) is 95.1 cm³/mol. The highest BCUT2D eigenvalue weighted by molar-refractivity contribution is 6.05. The van der Waals surface area contributed by atoms with E-state index in [9.17, 15) is 14.4 Å². The highest BCUT2D eigenvalue weighted by atomic mass is 16.5. The maximum Gasteiger partial charge on any atom is 0.414 e. The van der Waals surface area contributed by atoms with Crippen LogP contribution in [-0.4, -0.2) is 43.0 Å². The zero-order valence-corrected chi connectivity index (χ0v) is 15.4. The van der Waals surface area contributed by atoms with Gasteiger partial charge in [-0.2, -0.15) is 4.68 Å². The van der Waals surface area contributed by atoms with E-state index in [1.165, 1.54) is 18.2 Å². The molecule has 27 heavy (non-hydrogen) atoms. The van der Waals surface area contributed by atoms with Crippen molar-refractivity contribution in [3.63, 3.8) is 0 Å². The second-order valence-electron chi connectivity index (χ2n) is 6.48. The van der Waals surface area contributed by atoms with Gasteiger partial charge in [-0.15, -0.1) is 5.10 Å². The summed E-state index contributed by atoms with van der Waals surface area (Å²) in [6.45, 7) is 4.30. The minimum absolute atomic E-state index is 0.0346. The van der Waals surface area contributed by atoms with Crippen molar-refractivity contribution in [1.82, 2.24) is 29.7 Å². The quantitative estimate of drug-likeness (QED) is 0.802. The van der Waals surface area contributed by atoms with Crippen molar-refractivity contribution >= 4 is 17.6 Å². The van der Waals surface area contributed by atoms with Crippen LogP contribution < -0.4 is 11.0 Å². The fourth-order valence-corrected chi connectivity index (χ4v) is 2.76. The molecule has 2 heterocycles. The number of amides is 2. The molecular weight excluding hydrogens is 352 g/mol. The zero-order chi connectivity index (χ0) is 19.6. The van der Waals surface area contributed by atoms with E-state index in [2.05, 4.69) is 40.5 Å². The third kappa shape index (κ3) is 3.94. The van der Waals surface area contributed by atoms with E-state index in [-0.39, 0.29) is 17.9 Å². The smallest absolute Gasteiger partial charge is 0.414 e. The fourth-order valence-electron chi connectivity index (χ4n) is 2.76. The number of aromatic nitrogens is 5. The summed E-state index contributed by atoms with van der Waals surface area (Å²) < 4.78 is 7.18. The van der Waals surface area contributed by atoms with Gasteiger partial charge in [-0.3, -0.25) is 10.1 Å². The Balaban J connectivity index is 1.60. The van der Waals surface area contributed by atoms with E-state index in [1.807, 2.05) is 0 Å². The van der Waals surface area contributed by atoms with Crippen LogP contribution in [0, 0.1) is 0 Å². The molecule has 0 aromatic carbocycles. The summed E-state index contributed by atoms with van der Waals surface area (Å²) in [5, 5.41) is 9.45. The van der Waals surface area contributed by atoms with E-state index in [4.69, 9.17) is 4.74 Å². The molecular formula is C17H20N6O4. The molecule has 0 spiro atoms. The third-order valence-corrected chi connectivity index (χ3v) is 4.41. The number of nitrogens with zero attached hydrogens (tertiary/aromatic N) is 5. The number of carbonyl (C=O) groups is 2. The maximum absolute atomic E-state index is 12.2. The van der Waals surface area contributed by atoms with Gasteiger partial charge < -0.3 is 4.74 Å². The molecule has 1 N–H and O–H groups in total. The normalized spacial score (nSPS) is 14.0. The molecule has 0 fully saturated rings. The molecule has 1 aliphatic carbocycles. The lowest BCUT2D eigenvalue weighted by molar-refractivity contribution is 0.0923. The van der Waals surface area contributed by atoms with E-state index in [0.717, 1.165) is 40.2 Å². The zero-order valence-electron chi connectivity index (χ0n) is 15.4. The Morgan fingerprint density at radius 3 is 2.74 bits per heavy atom. The maximum atomic E-state index is 12.2.